The molecule has 0 bridgehead atoms. The number of nitrogens with zero attached hydrogens (tertiary/aromatic N) is 2. The van der Waals surface area contributed by atoms with Crippen molar-refractivity contribution in [1.29, 1.82) is 0 Å². The zero-order valence-electron chi connectivity index (χ0n) is 14.5. The molecule has 146 valence electrons. The molecule has 1 N–H and O–H groups in total. The maximum atomic E-state index is 13.8. The summed E-state index contributed by atoms with van der Waals surface area (Å²) in [4.78, 5) is 4.33. The van der Waals surface area contributed by atoms with Gasteiger partial charge in [0.15, 0.2) is 17.4 Å². The number of β-amino-alcohol motifs (C(OH)–C–C–N with tert-alkyl or cyclic N) is 1. The van der Waals surface area contributed by atoms with Gasteiger partial charge in [-0.3, -0.25) is 4.90 Å². The van der Waals surface area contributed by atoms with Crippen LogP contribution in [0.1, 0.15) is 0 Å². The van der Waals surface area contributed by atoms with Crippen LogP contribution < -0.4 is 9.64 Å². The number of aliphatic hydroxyl groups is 1. The second kappa shape index (κ2) is 9.19. The van der Waals surface area contributed by atoms with Crippen molar-refractivity contribution >= 4 is 33.2 Å². The van der Waals surface area contributed by atoms with Crippen LogP contribution in [-0.2, 0) is 0 Å². The summed E-state index contributed by atoms with van der Waals surface area (Å²) in [6, 6.07) is 9.97. The van der Waals surface area contributed by atoms with Crippen LogP contribution in [0.25, 0.3) is 0 Å². The van der Waals surface area contributed by atoms with Crippen LogP contribution in [0.15, 0.2) is 40.9 Å². The van der Waals surface area contributed by atoms with Crippen molar-refractivity contribution in [2.24, 2.45) is 0 Å². The van der Waals surface area contributed by atoms with Gasteiger partial charge in [-0.25, -0.2) is 8.78 Å². The third-order valence-electron chi connectivity index (χ3n) is 4.40. The van der Waals surface area contributed by atoms with Gasteiger partial charge in [0.05, 0.1) is 0 Å². The molecule has 0 aromatic heterocycles. The Hall–Kier alpha value is -1.41. The van der Waals surface area contributed by atoms with Crippen LogP contribution in [0.2, 0.25) is 5.02 Å². The van der Waals surface area contributed by atoms with Crippen molar-refractivity contribution in [3.8, 4) is 5.75 Å². The Labute approximate surface area is 170 Å². The lowest BCUT2D eigenvalue weighted by Gasteiger charge is -2.36. The average Bonchev–Trinajstić information content (AvgIpc) is 2.61. The average molecular weight is 462 g/mol. The normalized spacial score (nSPS) is 16.4. The molecule has 2 aromatic rings. The van der Waals surface area contributed by atoms with E-state index in [4.69, 9.17) is 16.3 Å². The predicted octanol–water partition coefficient (Wildman–Crippen LogP) is 3.94. The molecule has 0 aliphatic carbocycles. The summed E-state index contributed by atoms with van der Waals surface area (Å²) in [7, 11) is 0. The third kappa shape index (κ3) is 5.54. The molecule has 1 aliphatic rings. The van der Waals surface area contributed by atoms with Gasteiger partial charge in [0.25, 0.3) is 0 Å². The van der Waals surface area contributed by atoms with Crippen molar-refractivity contribution in [1.82, 2.24) is 4.90 Å². The number of piperazine rings is 1. The smallest absolute Gasteiger partial charge is 0.190 e. The molecule has 2 aromatic carbocycles. The lowest BCUT2D eigenvalue weighted by atomic mass is 10.2. The van der Waals surface area contributed by atoms with Crippen molar-refractivity contribution in [2.45, 2.75) is 6.10 Å². The fourth-order valence-electron chi connectivity index (χ4n) is 3.06. The molecule has 27 heavy (non-hydrogen) atoms. The Kier molecular flexibility index (Phi) is 6.92. The molecule has 1 saturated heterocycles. The SMILES string of the molecule is OC(COc1c(F)cc(Br)cc1F)CN1CCN(c2cccc(Cl)c2)CC1. The fraction of sp³-hybridized carbons (Fsp3) is 0.368. The minimum atomic E-state index is -0.842. The van der Waals surface area contributed by atoms with Gasteiger partial charge in [-0.15, -0.1) is 0 Å². The van der Waals surface area contributed by atoms with Gasteiger partial charge in [-0.2, -0.15) is 0 Å². The Balaban J connectivity index is 1.46. The number of halogens is 4. The third-order valence-corrected chi connectivity index (χ3v) is 5.09. The van der Waals surface area contributed by atoms with Gasteiger partial charge >= 0.3 is 0 Å². The largest absolute Gasteiger partial charge is 0.485 e. The molecule has 0 radical (unpaired) electrons. The summed E-state index contributed by atoms with van der Waals surface area (Å²) in [5, 5.41) is 10.9. The molecule has 0 amide bonds. The summed E-state index contributed by atoms with van der Waals surface area (Å²) >= 11 is 9.05. The standard InChI is InChI=1S/C19H20BrClF2N2O2/c20-13-8-17(22)19(18(23)9-13)27-12-16(26)11-24-4-6-25(7-5-24)15-3-1-2-14(21)10-15/h1-3,8-10,16,26H,4-7,11-12H2. The molecule has 1 aliphatic heterocycles. The highest BCUT2D eigenvalue weighted by Crippen LogP contribution is 2.26. The van der Waals surface area contributed by atoms with Crippen molar-refractivity contribution in [3.63, 3.8) is 0 Å². The second-order valence-electron chi connectivity index (χ2n) is 6.43. The van der Waals surface area contributed by atoms with Gasteiger partial charge in [0.1, 0.15) is 12.7 Å². The molecular weight excluding hydrogens is 442 g/mol. The van der Waals surface area contributed by atoms with Crippen LogP contribution >= 0.6 is 27.5 Å². The first-order valence-corrected chi connectivity index (χ1v) is 9.78. The molecule has 1 atom stereocenters. The lowest BCUT2D eigenvalue weighted by Crippen LogP contribution is -2.49. The van der Waals surface area contributed by atoms with Gasteiger partial charge in [0, 0.05) is 47.9 Å². The number of benzene rings is 2. The van der Waals surface area contributed by atoms with E-state index >= 15 is 0 Å². The molecule has 0 saturated carbocycles. The van der Waals surface area contributed by atoms with E-state index in [1.54, 1.807) is 0 Å². The van der Waals surface area contributed by atoms with E-state index in [0.29, 0.717) is 16.0 Å². The molecule has 0 spiro atoms. The first-order valence-electron chi connectivity index (χ1n) is 8.60. The Morgan fingerprint density at radius 1 is 1.11 bits per heavy atom. The van der Waals surface area contributed by atoms with E-state index in [1.807, 2.05) is 24.3 Å². The summed E-state index contributed by atoms with van der Waals surface area (Å²) in [5.74, 6) is -2.07. The van der Waals surface area contributed by atoms with Crippen molar-refractivity contribution in [3.05, 3.63) is 57.5 Å². The maximum Gasteiger partial charge on any atom is 0.190 e. The first kappa shape index (κ1) is 20.3. The number of anilines is 1. The van der Waals surface area contributed by atoms with E-state index in [1.165, 1.54) is 0 Å². The molecule has 3 rings (SSSR count). The van der Waals surface area contributed by atoms with Crippen molar-refractivity contribution < 1.29 is 18.6 Å². The molecule has 8 heteroatoms. The van der Waals surface area contributed by atoms with Gasteiger partial charge in [-0.05, 0) is 30.3 Å². The zero-order valence-corrected chi connectivity index (χ0v) is 16.9. The number of ether oxygens (including phenoxy) is 1. The van der Waals surface area contributed by atoms with E-state index in [2.05, 4.69) is 25.7 Å². The topological polar surface area (TPSA) is 35.9 Å². The summed E-state index contributed by atoms with van der Waals surface area (Å²) in [6.45, 7) is 3.36. The minimum Gasteiger partial charge on any atom is -0.485 e. The Bertz CT molecular complexity index is 765. The Morgan fingerprint density at radius 2 is 1.78 bits per heavy atom. The van der Waals surface area contributed by atoms with Gasteiger partial charge < -0.3 is 14.7 Å². The molecule has 1 heterocycles. The van der Waals surface area contributed by atoms with Crippen LogP contribution in [0.3, 0.4) is 0 Å². The Morgan fingerprint density at radius 3 is 2.41 bits per heavy atom. The number of aliphatic hydroxyl groups excluding tert-OH is 1. The predicted molar refractivity (Wildman–Crippen MR) is 106 cm³/mol. The van der Waals surface area contributed by atoms with Gasteiger partial charge in [-0.1, -0.05) is 33.6 Å². The van der Waals surface area contributed by atoms with Crippen LogP contribution in [0.5, 0.6) is 5.75 Å². The highest BCUT2D eigenvalue weighted by atomic mass is 79.9. The van der Waals surface area contributed by atoms with Crippen molar-refractivity contribution in [2.75, 3.05) is 44.2 Å². The monoisotopic (exact) mass is 460 g/mol. The van der Waals surface area contributed by atoms with Gasteiger partial charge in [0.2, 0.25) is 0 Å². The minimum absolute atomic E-state index is 0.177. The number of rotatable bonds is 6. The number of hydrogen-bond donors (Lipinski definition) is 1. The van der Waals surface area contributed by atoms with Crippen LogP contribution in [-0.4, -0.2) is 55.4 Å². The first-order chi connectivity index (χ1) is 12.9. The zero-order chi connectivity index (χ0) is 19.4. The fourth-order valence-corrected chi connectivity index (χ4v) is 3.65. The van der Waals surface area contributed by atoms with Crippen LogP contribution in [0, 0.1) is 11.6 Å². The second-order valence-corrected chi connectivity index (χ2v) is 7.78. The lowest BCUT2D eigenvalue weighted by molar-refractivity contribution is 0.0634. The highest BCUT2D eigenvalue weighted by molar-refractivity contribution is 9.10. The summed E-state index contributed by atoms with van der Waals surface area (Å²) in [5.41, 5.74) is 1.08. The number of hydrogen-bond acceptors (Lipinski definition) is 4. The highest BCUT2D eigenvalue weighted by Gasteiger charge is 2.21. The molecular formula is C19H20BrClF2N2O2. The molecule has 4 nitrogen and oxygen atoms in total. The quantitative estimate of drug-likeness (QED) is 0.707. The maximum absolute atomic E-state index is 13.8. The van der Waals surface area contributed by atoms with E-state index < -0.39 is 23.5 Å². The molecule has 1 unspecified atom stereocenters. The van der Waals surface area contributed by atoms with E-state index in [-0.39, 0.29) is 6.61 Å². The summed E-state index contributed by atoms with van der Waals surface area (Å²) < 4.78 is 33.0. The van der Waals surface area contributed by atoms with E-state index in [0.717, 1.165) is 44.0 Å². The molecule has 1 fully saturated rings. The summed E-state index contributed by atoms with van der Waals surface area (Å²) in [6.07, 6.45) is -0.842. The van der Waals surface area contributed by atoms with E-state index in [9.17, 15) is 13.9 Å². The van der Waals surface area contributed by atoms with Crippen LogP contribution in [0.4, 0.5) is 14.5 Å².